The molecule has 1 atom stereocenters. The van der Waals surface area contributed by atoms with Crippen LogP contribution in [0.3, 0.4) is 0 Å². The van der Waals surface area contributed by atoms with Crippen molar-refractivity contribution in [2.75, 3.05) is 7.05 Å². The van der Waals surface area contributed by atoms with Gasteiger partial charge in [0, 0.05) is 5.39 Å². The molecule has 0 spiro atoms. The first-order chi connectivity index (χ1) is 9.26. The number of nitrogens with one attached hydrogen (secondary N) is 1. The smallest absolute Gasteiger partial charge is 0.134 e. The minimum atomic E-state index is 0.158. The maximum atomic E-state index is 5.93. The van der Waals surface area contributed by atoms with Crippen LogP contribution in [0.2, 0.25) is 0 Å². The second-order valence-corrected chi connectivity index (χ2v) is 4.87. The van der Waals surface area contributed by atoms with Crippen LogP contribution < -0.4 is 5.32 Å². The standard InChI is InChI=1S/C16H17NO2/c1-11-3-4-15-13(7-11)9-16(19-15)14(17-2)8-12-5-6-18-10-12/h3-7,9-10,14,17H,8H2,1-2H3. The molecule has 1 N–H and O–H groups in total. The second-order valence-electron chi connectivity index (χ2n) is 4.87. The summed E-state index contributed by atoms with van der Waals surface area (Å²) < 4.78 is 11.0. The van der Waals surface area contributed by atoms with Crippen molar-refractivity contribution in [2.45, 2.75) is 19.4 Å². The van der Waals surface area contributed by atoms with E-state index in [1.54, 1.807) is 12.5 Å². The minimum Gasteiger partial charge on any atom is -0.472 e. The summed E-state index contributed by atoms with van der Waals surface area (Å²) in [6.45, 7) is 2.09. The quantitative estimate of drug-likeness (QED) is 0.769. The first-order valence-corrected chi connectivity index (χ1v) is 6.44. The largest absolute Gasteiger partial charge is 0.472 e. The molecule has 0 saturated carbocycles. The highest BCUT2D eigenvalue weighted by atomic mass is 16.3. The maximum Gasteiger partial charge on any atom is 0.134 e. The van der Waals surface area contributed by atoms with Crippen LogP contribution in [0.15, 0.2) is 51.7 Å². The van der Waals surface area contributed by atoms with Crippen molar-refractivity contribution >= 4 is 11.0 Å². The third kappa shape index (κ3) is 2.42. The predicted molar refractivity (Wildman–Crippen MR) is 75.2 cm³/mol. The van der Waals surface area contributed by atoms with E-state index in [-0.39, 0.29) is 6.04 Å². The van der Waals surface area contributed by atoms with Gasteiger partial charge in [-0.2, -0.15) is 0 Å². The van der Waals surface area contributed by atoms with E-state index in [0.29, 0.717) is 0 Å². The molecule has 3 aromatic rings. The van der Waals surface area contributed by atoms with Crippen molar-refractivity contribution in [1.82, 2.24) is 5.32 Å². The molecule has 3 heteroatoms. The molecule has 0 bridgehead atoms. The van der Waals surface area contributed by atoms with Crippen molar-refractivity contribution in [3.05, 3.63) is 59.7 Å². The van der Waals surface area contributed by atoms with E-state index in [0.717, 1.165) is 28.7 Å². The number of fused-ring (bicyclic) bond motifs is 1. The molecule has 0 fully saturated rings. The monoisotopic (exact) mass is 255 g/mol. The highest BCUT2D eigenvalue weighted by Crippen LogP contribution is 2.26. The number of hydrogen-bond donors (Lipinski definition) is 1. The molecule has 1 aromatic carbocycles. The topological polar surface area (TPSA) is 38.3 Å². The number of likely N-dealkylation sites (N-methyl/N-ethyl adjacent to an activating group) is 1. The molecule has 0 aliphatic rings. The van der Waals surface area contributed by atoms with Gasteiger partial charge in [-0.25, -0.2) is 0 Å². The molecule has 2 aromatic heterocycles. The van der Waals surface area contributed by atoms with Gasteiger partial charge in [-0.1, -0.05) is 11.6 Å². The van der Waals surface area contributed by atoms with E-state index in [2.05, 4.69) is 30.4 Å². The molecular weight excluding hydrogens is 238 g/mol. The zero-order valence-corrected chi connectivity index (χ0v) is 11.1. The van der Waals surface area contributed by atoms with Crippen LogP contribution in [0, 0.1) is 6.92 Å². The summed E-state index contributed by atoms with van der Waals surface area (Å²) in [6.07, 6.45) is 4.33. The third-order valence-electron chi connectivity index (χ3n) is 3.40. The Morgan fingerprint density at radius 1 is 1.21 bits per heavy atom. The van der Waals surface area contributed by atoms with Gasteiger partial charge in [0.05, 0.1) is 18.6 Å². The van der Waals surface area contributed by atoms with Crippen LogP contribution >= 0.6 is 0 Å². The first kappa shape index (κ1) is 12.1. The Morgan fingerprint density at radius 2 is 2.11 bits per heavy atom. The van der Waals surface area contributed by atoms with Crippen molar-refractivity contribution in [3.63, 3.8) is 0 Å². The Labute approximate surface area is 112 Å². The second kappa shape index (κ2) is 4.94. The van der Waals surface area contributed by atoms with Crippen LogP contribution in [0.1, 0.15) is 22.9 Å². The molecule has 3 rings (SSSR count). The SMILES string of the molecule is CNC(Cc1ccoc1)c1cc2cc(C)ccc2o1. The first-order valence-electron chi connectivity index (χ1n) is 6.44. The van der Waals surface area contributed by atoms with E-state index >= 15 is 0 Å². The fourth-order valence-electron chi connectivity index (χ4n) is 2.34. The Hall–Kier alpha value is -2.00. The van der Waals surface area contributed by atoms with E-state index in [9.17, 15) is 0 Å². The van der Waals surface area contributed by atoms with Crippen LogP contribution in [0.4, 0.5) is 0 Å². The lowest BCUT2D eigenvalue weighted by atomic mass is 10.1. The molecular formula is C16H17NO2. The molecule has 0 aliphatic carbocycles. The summed E-state index contributed by atoms with van der Waals surface area (Å²) in [5, 5.41) is 4.45. The molecule has 2 heterocycles. The summed E-state index contributed by atoms with van der Waals surface area (Å²) in [7, 11) is 1.95. The lowest BCUT2D eigenvalue weighted by Crippen LogP contribution is -2.17. The Kier molecular flexibility index (Phi) is 3.13. The summed E-state index contributed by atoms with van der Waals surface area (Å²) in [5.74, 6) is 0.962. The van der Waals surface area contributed by atoms with Crippen LogP contribution in [0.5, 0.6) is 0 Å². The zero-order valence-electron chi connectivity index (χ0n) is 11.1. The van der Waals surface area contributed by atoms with E-state index in [4.69, 9.17) is 8.83 Å². The summed E-state index contributed by atoms with van der Waals surface area (Å²) in [5.41, 5.74) is 3.35. The van der Waals surface area contributed by atoms with Crippen LogP contribution in [-0.4, -0.2) is 7.05 Å². The van der Waals surface area contributed by atoms with Crippen LogP contribution in [0.25, 0.3) is 11.0 Å². The predicted octanol–water partition coefficient (Wildman–Crippen LogP) is 3.84. The van der Waals surface area contributed by atoms with E-state index < -0.39 is 0 Å². The number of furan rings is 2. The minimum absolute atomic E-state index is 0.158. The zero-order chi connectivity index (χ0) is 13.2. The number of hydrogen-bond acceptors (Lipinski definition) is 3. The Morgan fingerprint density at radius 3 is 2.84 bits per heavy atom. The average molecular weight is 255 g/mol. The number of benzene rings is 1. The average Bonchev–Trinajstić information content (AvgIpc) is 3.03. The maximum absolute atomic E-state index is 5.93. The third-order valence-corrected chi connectivity index (χ3v) is 3.40. The molecule has 0 amide bonds. The highest BCUT2D eigenvalue weighted by Gasteiger charge is 2.15. The van der Waals surface area contributed by atoms with Crippen molar-refractivity contribution < 1.29 is 8.83 Å². The van der Waals surface area contributed by atoms with E-state index in [1.165, 1.54) is 5.56 Å². The van der Waals surface area contributed by atoms with Crippen molar-refractivity contribution in [2.24, 2.45) is 0 Å². The van der Waals surface area contributed by atoms with Gasteiger partial charge in [0.1, 0.15) is 11.3 Å². The van der Waals surface area contributed by atoms with Gasteiger partial charge in [-0.05, 0) is 50.2 Å². The number of rotatable bonds is 4. The van der Waals surface area contributed by atoms with Crippen molar-refractivity contribution in [1.29, 1.82) is 0 Å². The van der Waals surface area contributed by atoms with Gasteiger partial charge in [-0.3, -0.25) is 0 Å². The Balaban J connectivity index is 1.92. The normalized spacial score (nSPS) is 12.9. The summed E-state index contributed by atoms with van der Waals surface area (Å²) >= 11 is 0. The highest BCUT2D eigenvalue weighted by molar-refractivity contribution is 5.78. The molecule has 3 nitrogen and oxygen atoms in total. The number of aryl methyl sites for hydroxylation is 1. The van der Waals surface area contributed by atoms with Gasteiger partial charge < -0.3 is 14.2 Å². The van der Waals surface area contributed by atoms with Gasteiger partial charge in [0.25, 0.3) is 0 Å². The van der Waals surface area contributed by atoms with Gasteiger partial charge >= 0.3 is 0 Å². The molecule has 0 radical (unpaired) electrons. The van der Waals surface area contributed by atoms with Gasteiger partial charge in [0.2, 0.25) is 0 Å². The van der Waals surface area contributed by atoms with Gasteiger partial charge in [0.15, 0.2) is 0 Å². The van der Waals surface area contributed by atoms with E-state index in [1.807, 2.05) is 19.2 Å². The molecule has 1 unspecified atom stereocenters. The molecule has 98 valence electrons. The van der Waals surface area contributed by atoms with Gasteiger partial charge in [-0.15, -0.1) is 0 Å². The molecule has 0 saturated heterocycles. The Bertz CT molecular complexity index is 667. The lowest BCUT2D eigenvalue weighted by molar-refractivity contribution is 0.449. The fourth-order valence-corrected chi connectivity index (χ4v) is 2.34. The summed E-state index contributed by atoms with van der Waals surface area (Å²) in [4.78, 5) is 0. The molecule has 0 aliphatic heterocycles. The molecule has 19 heavy (non-hydrogen) atoms. The van der Waals surface area contributed by atoms with Crippen LogP contribution in [-0.2, 0) is 6.42 Å². The lowest BCUT2D eigenvalue weighted by Gasteiger charge is -2.11. The summed E-state index contributed by atoms with van der Waals surface area (Å²) in [6, 6.07) is 10.5. The fraction of sp³-hybridized carbons (Fsp3) is 0.250. The van der Waals surface area contributed by atoms with Crippen molar-refractivity contribution in [3.8, 4) is 0 Å².